The highest BCUT2D eigenvalue weighted by molar-refractivity contribution is 5.99. The van der Waals surface area contributed by atoms with Gasteiger partial charge in [0.05, 0.1) is 12.2 Å². The molecule has 1 saturated heterocycles. The van der Waals surface area contributed by atoms with E-state index in [9.17, 15) is 14.4 Å². The Hall–Kier alpha value is -3.55. The van der Waals surface area contributed by atoms with Crippen molar-refractivity contribution in [2.24, 2.45) is 5.92 Å². The maximum absolute atomic E-state index is 12.8. The summed E-state index contributed by atoms with van der Waals surface area (Å²) in [6, 6.07) is 16.0. The molecule has 2 aromatic carbocycles. The van der Waals surface area contributed by atoms with Crippen molar-refractivity contribution >= 4 is 23.5 Å². The molecule has 0 unspecified atom stereocenters. The van der Waals surface area contributed by atoms with E-state index in [0.717, 1.165) is 5.69 Å². The second-order valence-electron chi connectivity index (χ2n) is 8.44. The van der Waals surface area contributed by atoms with Crippen LogP contribution in [0.3, 0.4) is 0 Å². The number of benzene rings is 2. The van der Waals surface area contributed by atoms with Gasteiger partial charge in [0.2, 0.25) is 0 Å². The van der Waals surface area contributed by atoms with Crippen molar-refractivity contribution in [1.29, 1.82) is 0 Å². The molecule has 1 atom stereocenters. The van der Waals surface area contributed by atoms with Crippen LogP contribution in [0.25, 0.3) is 0 Å². The van der Waals surface area contributed by atoms with Crippen LogP contribution in [0, 0.1) is 5.92 Å². The number of ether oxygens (including phenoxy) is 2. The second kappa shape index (κ2) is 12.1. The first-order chi connectivity index (χ1) is 16.4. The van der Waals surface area contributed by atoms with Crippen molar-refractivity contribution in [1.82, 2.24) is 10.2 Å². The maximum Gasteiger partial charge on any atom is 0.329 e. The van der Waals surface area contributed by atoms with Gasteiger partial charge in [0.1, 0.15) is 11.8 Å². The van der Waals surface area contributed by atoms with Gasteiger partial charge in [0.15, 0.2) is 6.61 Å². The van der Waals surface area contributed by atoms with Gasteiger partial charge in [-0.3, -0.25) is 9.59 Å². The average Bonchev–Trinajstić information content (AvgIpc) is 2.86. The quantitative estimate of drug-likeness (QED) is 0.571. The molecular formula is C26H33N3O5. The number of hydrogen-bond donors (Lipinski definition) is 1. The maximum atomic E-state index is 12.8. The van der Waals surface area contributed by atoms with Gasteiger partial charge in [-0.05, 0) is 37.1 Å². The predicted octanol–water partition coefficient (Wildman–Crippen LogP) is 2.73. The Morgan fingerprint density at radius 3 is 2.24 bits per heavy atom. The normalized spacial score (nSPS) is 14.5. The molecule has 0 bridgehead atoms. The van der Waals surface area contributed by atoms with Crippen molar-refractivity contribution in [2.45, 2.75) is 26.8 Å². The predicted molar refractivity (Wildman–Crippen MR) is 130 cm³/mol. The molecule has 0 aromatic heterocycles. The molecular weight excluding hydrogens is 434 g/mol. The van der Waals surface area contributed by atoms with Gasteiger partial charge in [0, 0.05) is 31.9 Å². The van der Waals surface area contributed by atoms with E-state index in [2.05, 4.69) is 10.2 Å². The van der Waals surface area contributed by atoms with Crippen LogP contribution in [0.5, 0.6) is 5.75 Å². The minimum atomic E-state index is -0.884. The molecule has 3 rings (SSSR count). The van der Waals surface area contributed by atoms with Crippen LogP contribution in [0.1, 0.15) is 31.1 Å². The van der Waals surface area contributed by atoms with Gasteiger partial charge in [0.25, 0.3) is 11.8 Å². The molecule has 1 N–H and O–H groups in total. The third-order valence-electron chi connectivity index (χ3n) is 5.73. The Labute approximate surface area is 200 Å². The molecule has 1 heterocycles. The van der Waals surface area contributed by atoms with Crippen molar-refractivity contribution in [3.63, 3.8) is 0 Å². The number of amides is 2. The van der Waals surface area contributed by atoms with Crippen LogP contribution >= 0.6 is 0 Å². The lowest BCUT2D eigenvalue weighted by Gasteiger charge is -2.36. The summed E-state index contributed by atoms with van der Waals surface area (Å²) in [4.78, 5) is 42.1. The summed E-state index contributed by atoms with van der Waals surface area (Å²) in [6.07, 6.45) is 0. The van der Waals surface area contributed by atoms with E-state index in [-0.39, 0.29) is 18.4 Å². The molecule has 182 valence electrons. The topological polar surface area (TPSA) is 88.2 Å². The summed E-state index contributed by atoms with van der Waals surface area (Å²) >= 11 is 0. The summed E-state index contributed by atoms with van der Waals surface area (Å²) in [5.74, 6) is -1.07. The first-order valence-electron chi connectivity index (χ1n) is 11.7. The molecule has 0 aliphatic carbocycles. The number of nitrogens with one attached hydrogen (secondary N) is 1. The van der Waals surface area contributed by atoms with E-state index in [1.807, 2.05) is 51.1 Å². The van der Waals surface area contributed by atoms with Crippen molar-refractivity contribution in [2.75, 3.05) is 44.3 Å². The third kappa shape index (κ3) is 6.50. The zero-order valence-corrected chi connectivity index (χ0v) is 20.0. The molecule has 8 heteroatoms. The van der Waals surface area contributed by atoms with Crippen molar-refractivity contribution in [3.05, 3.63) is 60.2 Å². The summed E-state index contributed by atoms with van der Waals surface area (Å²) in [7, 11) is 0. The van der Waals surface area contributed by atoms with Gasteiger partial charge in [-0.25, -0.2) is 4.79 Å². The van der Waals surface area contributed by atoms with E-state index < -0.39 is 17.9 Å². The van der Waals surface area contributed by atoms with E-state index in [1.165, 1.54) is 0 Å². The summed E-state index contributed by atoms with van der Waals surface area (Å²) in [5.41, 5.74) is 1.47. The molecule has 34 heavy (non-hydrogen) atoms. The number of nitrogens with zero attached hydrogens (tertiary/aromatic N) is 2. The summed E-state index contributed by atoms with van der Waals surface area (Å²) < 4.78 is 10.8. The molecule has 8 nitrogen and oxygen atoms in total. The minimum Gasteiger partial charge on any atom is -0.493 e. The zero-order valence-electron chi connectivity index (χ0n) is 20.0. The first-order valence-corrected chi connectivity index (χ1v) is 11.7. The number of esters is 1. The molecule has 0 radical (unpaired) electrons. The molecule has 0 spiro atoms. The lowest BCUT2D eigenvalue weighted by atomic mass is 10.0. The van der Waals surface area contributed by atoms with E-state index >= 15 is 0 Å². The Kier molecular flexibility index (Phi) is 8.90. The molecule has 1 aliphatic heterocycles. The van der Waals surface area contributed by atoms with Crippen LogP contribution < -0.4 is 15.0 Å². The average molecular weight is 468 g/mol. The number of carbonyl (C=O) groups excluding carboxylic acids is 3. The number of carbonyl (C=O) groups is 3. The first kappa shape index (κ1) is 25.1. The van der Waals surface area contributed by atoms with Gasteiger partial charge < -0.3 is 24.6 Å². The number of rotatable bonds is 9. The molecule has 2 aromatic rings. The van der Waals surface area contributed by atoms with Gasteiger partial charge >= 0.3 is 5.97 Å². The molecule has 1 fully saturated rings. The standard InChI is InChI=1S/C26H33N3O5/c1-4-33-22-13-9-8-12-21(22)25(31)27-24(19(2)3)26(32)34-18-23(30)29-16-14-28(15-17-29)20-10-6-5-7-11-20/h5-13,19,24H,4,14-18H2,1-3H3,(H,27,31)/t24-/m0/s1. The zero-order chi connectivity index (χ0) is 24.5. The second-order valence-corrected chi connectivity index (χ2v) is 8.44. The Morgan fingerprint density at radius 2 is 1.59 bits per heavy atom. The van der Waals surface area contributed by atoms with Gasteiger partial charge in [-0.1, -0.05) is 44.2 Å². The van der Waals surface area contributed by atoms with Crippen LogP contribution in [0.4, 0.5) is 5.69 Å². The Morgan fingerprint density at radius 1 is 0.941 bits per heavy atom. The highest BCUT2D eigenvalue weighted by atomic mass is 16.5. The van der Waals surface area contributed by atoms with Crippen molar-refractivity contribution in [3.8, 4) is 5.75 Å². The Bertz CT molecular complexity index is 971. The van der Waals surface area contributed by atoms with Crippen LogP contribution in [-0.2, 0) is 14.3 Å². The third-order valence-corrected chi connectivity index (χ3v) is 5.73. The highest BCUT2D eigenvalue weighted by Crippen LogP contribution is 2.19. The Balaban J connectivity index is 1.52. The van der Waals surface area contributed by atoms with Crippen molar-refractivity contribution < 1.29 is 23.9 Å². The molecule has 2 amide bonds. The van der Waals surface area contributed by atoms with Gasteiger partial charge in [-0.15, -0.1) is 0 Å². The fourth-order valence-corrected chi connectivity index (χ4v) is 3.82. The summed E-state index contributed by atoms with van der Waals surface area (Å²) in [6.45, 7) is 8.08. The number of hydrogen-bond acceptors (Lipinski definition) is 6. The monoisotopic (exact) mass is 467 g/mol. The fourth-order valence-electron chi connectivity index (χ4n) is 3.82. The van der Waals surface area contributed by atoms with Gasteiger partial charge in [-0.2, -0.15) is 0 Å². The lowest BCUT2D eigenvalue weighted by molar-refractivity contribution is -0.154. The number of para-hydroxylation sites is 2. The fraction of sp³-hybridized carbons (Fsp3) is 0.423. The number of anilines is 1. The molecule has 1 aliphatic rings. The van der Waals surface area contributed by atoms with E-state index in [0.29, 0.717) is 44.1 Å². The largest absolute Gasteiger partial charge is 0.493 e. The minimum absolute atomic E-state index is 0.222. The number of piperazine rings is 1. The molecule has 0 saturated carbocycles. The summed E-state index contributed by atoms with van der Waals surface area (Å²) in [5, 5.41) is 2.73. The smallest absolute Gasteiger partial charge is 0.329 e. The van der Waals surface area contributed by atoms with Crippen LogP contribution in [0.2, 0.25) is 0 Å². The lowest BCUT2D eigenvalue weighted by Crippen LogP contribution is -2.50. The van der Waals surface area contributed by atoms with Crippen LogP contribution in [0.15, 0.2) is 54.6 Å². The van der Waals surface area contributed by atoms with E-state index in [1.54, 1.807) is 29.2 Å². The van der Waals surface area contributed by atoms with E-state index in [4.69, 9.17) is 9.47 Å². The SMILES string of the molecule is CCOc1ccccc1C(=O)N[C@H](C(=O)OCC(=O)N1CCN(c2ccccc2)CC1)C(C)C. The van der Waals surface area contributed by atoms with Crippen LogP contribution in [-0.4, -0.2) is 68.1 Å². The highest BCUT2D eigenvalue weighted by Gasteiger charge is 2.29.